The monoisotopic (exact) mass is 225 g/mol. The molecule has 0 saturated heterocycles. The summed E-state index contributed by atoms with van der Waals surface area (Å²) in [5.41, 5.74) is 8.53. The Morgan fingerprint density at radius 2 is 2.20 bits per heavy atom. The van der Waals surface area contributed by atoms with Gasteiger partial charge in [0.2, 0.25) is 0 Å². The minimum Gasteiger partial charge on any atom is -0.380 e. The second kappa shape index (κ2) is 4.12. The number of hydrogen-bond acceptors (Lipinski definition) is 2. The Balaban J connectivity index is 2.37. The minimum absolute atomic E-state index is 0.207. The lowest BCUT2D eigenvalue weighted by Gasteiger charge is -2.17. The van der Waals surface area contributed by atoms with Gasteiger partial charge in [-0.05, 0) is 36.1 Å². The van der Waals surface area contributed by atoms with Crippen LogP contribution in [0.15, 0.2) is 18.2 Å². The molecule has 0 radical (unpaired) electrons. The van der Waals surface area contributed by atoms with Gasteiger partial charge in [-0.15, -0.1) is 0 Å². The highest BCUT2D eigenvalue weighted by molar-refractivity contribution is 6.30. The molecule has 15 heavy (non-hydrogen) atoms. The van der Waals surface area contributed by atoms with Crippen molar-refractivity contribution in [1.29, 1.82) is 0 Å². The molecule has 1 aromatic carbocycles. The van der Waals surface area contributed by atoms with E-state index in [4.69, 9.17) is 22.1 Å². The van der Waals surface area contributed by atoms with E-state index >= 15 is 0 Å². The fourth-order valence-corrected chi connectivity index (χ4v) is 2.28. The molecule has 2 rings (SSSR count). The first-order valence-corrected chi connectivity index (χ1v) is 5.57. The maximum Gasteiger partial charge on any atom is 0.0716 e. The topological polar surface area (TPSA) is 35.2 Å². The summed E-state index contributed by atoms with van der Waals surface area (Å²) >= 11 is 5.98. The molecule has 0 amide bonds. The van der Waals surface area contributed by atoms with Crippen LogP contribution in [-0.2, 0) is 16.8 Å². The maximum atomic E-state index is 5.98. The Kier molecular flexibility index (Phi) is 3.01. The molecule has 2 N–H and O–H groups in total. The molecule has 1 aliphatic rings. The summed E-state index contributed by atoms with van der Waals surface area (Å²) in [6, 6.07) is 6.01. The lowest BCUT2D eigenvalue weighted by molar-refractivity contribution is 0.183. The van der Waals surface area contributed by atoms with E-state index in [1.165, 1.54) is 24.0 Å². The van der Waals surface area contributed by atoms with Gasteiger partial charge < -0.3 is 10.5 Å². The van der Waals surface area contributed by atoms with E-state index in [9.17, 15) is 0 Å². The van der Waals surface area contributed by atoms with Gasteiger partial charge in [-0.2, -0.15) is 0 Å². The fraction of sp³-hybridized carbons (Fsp3) is 0.500. The van der Waals surface area contributed by atoms with E-state index < -0.39 is 0 Å². The Morgan fingerprint density at radius 3 is 2.73 bits per heavy atom. The summed E-state index contributed by atoms with van der Waals surface area (Å²) in [6.45, 7) is 1.32. The Hall–Kier alpha value is -0.570. The molecule has 1 aliphatic carbocycles. The normalized spacial score (nSPS) is 17.8. The van der Waals surface area contributed by atoms with Crippen LogP contribution in [0.2, 0.25) is 5.02 Å². The van der Waals surface area contributed by atoms with Crippen molar-refractivity contribution in [2.24, 2.45) is 5.73 Å². The average molecular weight is 226 g/mol. The summed E-state index contributed by atoms with van der Waals surface area (Å²) < 4.78 is 5.19. The molecule has 0 bridgehead atoms. The summed E-state index contributed by atoms with van der Waals surface area (Å²) in [7, 11) is 1.70. The molecular weight excluding hydrogens is 210 g/mol. The van der Waals surface area contributed by atoms with E-state index in [-0.39, 0.29) is 5.41 Å². The lowest BCUT2D eigenvalue weighted by Crippen LogP contribution is -2.21. The molecule has 82 valence electrons. The first-order chi connectivity index (χ1) is 7.22. The van der Waals surface area contributed by atoms with Crippen LogP contribution in [-0.4, -0.2) is 13.7 Å². The number of ether oxygens (including phenoxy) is 1. The van der Waals surface area contributed by atoms with Crippen molar-refractivity contribution in [3.05, 3.63) is 34.3 Å². The van der Waals surface area contributed by atoms with E-state index in [2.05, 4.69) is 6.07 Å². The molecule has 0 spiro atoms. The predicted molar refractivity (Wildman–Crippen MR) is 62.1 cm³/mol. The van der Waals surface area contributed by atoms with Gasteiger partial charge in [0.05, 0.1) is 6.61 Å². The van der Waals surface area contributed by atoms with Crippen molar-refractivity contribution in [3.63, 3.8) is 0 Å². The van der Waals surface area contributed by atoms with Gasteiger partial charge >= 0.3 is 0 Å². The van der Waals surface area contributed by atoms with Crippen molar-refractivity contribution in [2.75, 3.05) is 13.7 Å². The van der Waals surface area contributed by atoms with Gasteiger partial charge in [0.25, 0.3) is 0 Å². The van der Waals surface area contributed by atoms with Crippen LogP contribution >= 0.6 is 11.6 Å². The third kappa shape index (κ3) is 2.03. The van der Waals surface area contributed by atoms with Crippen LogP contribution in [0.3, 0.4) is 0 Å². The highest BCUT2D eigenvalue weighted by Crippen LogP contribution is 2.48. The lowest BCUT2D eigenvalue weighted by atomic mass is 9.92. The SMILES string of the molecule is COCc1cc(Cl)ccc1C1(CN)CC1. The van der Waals surface area contributed by atoms with Crippen LogP contribution in [0.4, 0.5) is 0 Å². The number of methoxy groups -OCH3 is 1. The van der Waals surface area contributed by atoms with Gasteiger partial charge in [0, 0.05) is 24.1 Å². The molecule has 3 heteroatoms. The zero-order chi connectivity index (χ0) is 10.9. The molecular formula is C12H16ClNO. The van der Waals surface area contributed by atoms with Gasteiger partial charge in [-0.1, -0.05) is 17.7 Å². The quantitative estimate of drug-likeness (QED) is 0.855. The summed E-state index contributed by atoms with van der Waals surface area (Å²) in [5.74, 6) is 0. The molecule has 1 fully saturated rings. The Labute approximate surface area is 95.4 Å². The number of rotatable bonds is 4. The number of hydrogen-bond donors (Lipinski definition) is 1. The summed E-state index contributed by atoms with van der Waals surface area (Å²) in [5, 5.41) is 0.763. The van der Waals surface area contributed by atoms with Crippen LogP contribution in [0.1, 0.15) is 24.0 Å². The van der Waals surface area contributed by atoms with E-state index in [0.717, 1.165) is 5.02 Å². The number of nitrogens with two attached hydrogens (primary N) is 1. The van der Waals surface area contributed by atoms with Crippen molar-refractivity contribution >= 4 is 11.6 Å². The fourth-order valence-electron chi connectivity index (χ4n) is 2.09. The highest BCUT2D eigenvalue weighted by atomic mass is 35.5. The number of halogens is 1. The van der Waals surface area contributed by atoms with E-state index in [1.807, 2.05) is 12.1 Å². The standard InChI is InChI=1S/C12H16ClNO/c1-15-7-9-6-10(13)2-3-11(9)12(8-14)4-5-12/h2-3,6H,4-5,7-8,14H2,1H3. The summed E-state index contributed by atoms with van der Waals surface area (Å²) in [4.78, 5) is 0. The third-order valence-electron chi connectivity index (χ3n) is 3.18. The third-order valence-corrected chi connectivity index (χ3v) is 3.42. The zero-order valence-corrected chi connectivity index (χ0v) is 9.68. The van der Waals surface area contributed by atoms with Crippen molar-refractivity contribution in [2.45, 2.75) is 24.9 Å². The molecule has 1 saturated carbocycles. The van der Waals surface area contributed by atoms with Gasteiger partial charge in [0.15, 0.2) is 0 Å². The van der Waals surface area contributed by atoms with Gasteiger partial charge in [0.1, 0.15) is 0 Å². The number of benzene rings is 1. The van der Waals surface area contributed by atoms with Crippen molar-refractivity contribution in [1.82, 2.24) is 0 Å². The van der Waals surface area contributed by atoms with Crippen LogP contribution in [0, 0.1) is 0 Å². The predicted octanol–water partition coefficient (Wildman–Crippen LogP) is 2.48. The highest BCUT2D eigenvalue weighted by Gasteiger charge is 2.44. The molecule has 0 unspecified atom stereocenters. The van der Waals surface area contributed by atoms with E-state index in [1.54, 1.807) is 7.11 Å². The molecule has 0 atom stereocenters. The van der Waals surface area contributed by atoms with Crippen molar-refractivity contribution in [3.8, 4) is 0 Å². The largest absolute Gasteiger partial charge is 0.380 e. The zero-order valence-electron chi connectivity index (χ0n) is 8.92. The van der Waals surface area contributed by atoms with Crippen LogP contribution in [0.5, 0.6) is 0 Å². The van der Waals surface area contributed by atoms with Crippen LogP contribution in [0.25, 0.3) is 0 Å². The molecule has 2 nitrogen and oxygen atoms in total. The first-order valence-electron chi connectivity index (χ1n) is 5.20. The van der Waals surface area contributed by atoms with Gasteiger partial charge in [-0.3, -0.25) is 0 Å². The second-order valence-corrected chi connectivity index (χ2v) is 4.66. The first kappa shape index (κ1) is 10.9. The molecule has 0 heterocycles. The average Bonchev–Trinajstić information content (AvgIpc) is 2.99. The summed E-state index contributed by atoms with van der Waals surface area (Å²) in [6.07, 6.45) is 2.36. The maximum absolute atomic E-state index is 5.98. The molecule has 0 aromatic heterocycles. The smallest absolute Gasteiger partial charge is 0.0716 e. The van der Waals surface area contributed by atoms with Crippen LogP contribution < -0.4 is 5.73 Å². The van der Waals surface area contributed by atoms with E-state index in [0.29, 0.717) is 13.2 Å². The minimum atomic E-state index is 0.207. The van der Waals surface area contributed by atoms with Gasteiger partial charge in [-0.25, -0.2) is 0 Å². The Morgan fingerprint density at radius 1 is 1.47 bits per heavy atom. The Bertz CT molecular complexity index is 361. The molecule has 1 aromatic rings. The molecule has 0 aliphatic heterocycles. The second-order valence-electron chi connectivity index (χ2n) is 4.22. The van der Waals surface area contributed by atoms with Crippen molar-refractivity contribution < 1.29 is 4.74 Å².